The molecule has 0 saturated carbocycles. The van der Waals surface area contributed by atoms with Crippen LogP contribution in [0.4, 0.5) is 10.3 Å². The van der Waals surface area contributed by atoms with Gasteiger partial charge in [0, 0.05) is 24.8 Å². The fourth-order valence-electron chi connectivity index (χ4n) is 3.80. The molecule has 2 aliphatic heterocycles. The first-order valence-corrected chi connectivity index (χ1v) is 10.9. The van der Waals surface area contributed by atoms with Crippen LogP contribution in [0.1, 0.15) is 19.0 Å². The summed E-state index contributed by atoms with van der Waals surface area (Å²) < 4.78 is 30.4. The number of carboxylic acids is 1. The molecule has 0 spiro atoms. The monoisotopic (exact) mass is 469 g/mol. The average molecular weight is 469 g/mol. The Hall–Kier alpha value is -3.41. The highest BCUT2D eigenvalue weighted by atomic mass is 19.1. The Labute approximate surface area is 194 Å². The van der Waals surface area contributed by atoms with Crippen molar-refractivity contribution < 1.29 is 28.5 Å². The number of hydrogen-bond acceptors (Lipinski definition) is 8. The van der Waals surface area contributed by atoms with E-state index in [1.165, 1.54) is 12.1 Å². The number of aliphatic carboxylic acids is 1. The molecule has 3 aromatic rings. The molecule has 2 N–H and O–H groups in total. The summed E-state index contributed by atoms with van der Waals surface area (Å²) >= 11 is 0. The maximum Gasteiger partial charge on any atom is 0.314 e. The summed E-state index contributed by atoms with van der Waals surface area (Å²) in [5, 5.41) is 9.42. The van der Waals surface area contributed by atoms with Gasteiger partial charge in [-0.25, -0.2) is 19.3 Å². The molecule has 0 radical (unpaired) electrons. The molecule has 34 heavy (non-hydrogen) atoms. The van der Waals surface area contributed by atoms with Crippen LogP contribution in [0.15, 0.2) is 36.5 Å². The van der Waals surface area contributed by atoms with Crippen molar-refractivity contribution in [3.05, 3.63) is 48.2 Å². The van der Waals surface area contributed by atoms with E-state index in [0.717, 1.165) is 0 Å². The minimum absolute atomic E-state index is 0.0242. The number of nitrogens with one attached hydrogen (secondary N) is 1. The van der Waals surface area contributed by atoms with E-state index in [9.17, 15) is 14.3 Å². The molecular weight excluding hydrogens is 445 g/mol. The first kappa shape index (κ1) is 22.4. The third-order valence-electron chi connectivity index (χ3n) is 5.88. The quantitative estimate of drug-likeness (QED) is 0.580. The van der Waals surface area contributed by atoms with Crippen LogP contribution in [0, 0.1) is 11.2 Å². The first-order valence-electron chi connectivity index (χ1n) is 10.9. The highest BCUT2D eigenvalue weighted by molar-refractivity contribution is 5.77. The normalized spacial score (nSPS) is 23.1. The fraction of sp³-hybridized carbons (Fsp3) is 0.391. The molecular formula is C23H24FN5O5. The van der Waals surface area contributed by atoms with Crippen molar-refractivity contribution >= 4 is 11.9 Å². The molecule has 2 saturated heterocycles. The van der Waals surface area contributed by atoms with Crippen molar-refractivity contribution in [1.82, 2.24) is 19.9 Å². The number of H-pyrrole nitrogens is 1. The van der Waals surface area contributed by atoms with Crippen molar-refractivity contribution in [2.45, 2.75) is 13.2 Å². The number of benzene rings is 1. The van der Waals surface area contributed by atoms with Gasteiger partial charge in [-0.1, -0.05) is 0 Å². The van der Waals surface area contributed by atoms with E-state index in [2.05, 4.69) is 15.0 Å². The molecule has 0 bridgehead atoms. The van der Waals surface area contributed by atoms with Crippen LogP contribution >= 0.6 is 0 Å². The minimum Gasteiger partial charge on any atom is -0.481 e. The minimum atomic E-state index is -1.13. The smallest absolute Gasteiger partial charge is 0.314 e. The lowest BCUT2D eigenvalue weighted by atomic mass is 9.92. The van der Waals surface area contributed by atoms with Crippen molar-refractivity contribution in [3.63, 3.8) is 0 Å². The third kappa shape index (κ3) is 4.37. The van der Waals surface area contributed by atoms with Gasteiger partial charge in [0.2, 0.25) is 12.2 Å². The van der Waals surface area contributed by atoms with Gasteiger partial charge < -0.3 is 29.2 Å². The zero-order valence-corrected chi connectivity index (χ0v) is 18.5. The first-order chi connectivity index (χ1) is 16.4. The number of anilines is 1. The summed E-state index contributed by atoms with van der Waals surface area (Å²) in [7, 11) is 0. The highest BCUT2D eigenvalue weighted by Gasteiger charge is 2.41. The zero-order valence-electron chi connectivity index (χ0n) is 18.5. The standard InChI is InChI=1S/C23H24FN5O5/c1-23(21(30)31)12-33-20(34-13-23)19-27-17(14-2-4-15(24)5-3-14)18(28-19)16-6-7-25-22(26-16)29-8-10-32-11-9-29/h2-7,20H,8-13H2,1H3,(H,27,28)(H,30,31). The number of halogens is 1. The van der Waals surface area contributed by atoms with Crippen molar-refractivity contribution in [1.29, 1.82) is 0 Å². The van der Waals surface area contributed by atoms with Crippen molar-refractivity contribution in [2.75, 3.05) is 44.4 Å². The number of carbonyl (C=O) groups is 1. The lowest BCUT2D eigenvalue weighted by Crippen LogP contribution is -2.42. The Balaban J connectivity index is 1.51. The van der Waals surface area contributed by atoms with Crippen LogP contribution in [-0.4, -0.2) is 70.5 Å². The predicted octanol–water partition coefficient (Wildman–Crippen LogP) is 2.65. The summed E-state index contributed by atoms with van der Waals surface area (Å²) in [4.78, 5) is 30.6. The van der Waals surface area contributed by atoms with E-state index >= 15 is 0 Å². The molecule has 11 heteroatoms. The molecule has 0 atom stereocenters. The molecule has 0 amide bonds. The van der Waals surface area contributed by atoms with E-state index in [-0.39, 0.29) is 19.0 Å². The fourth-order valence-corrected chi connectivity index (χ4v) is 3.80. The highest BCUT2D eigenvalue weighted by Crippen LogP contribution is 2.35. The number of morpholine rings is 1. The van der Waals surface area contributed by atoms with E-state index in [1.54, 1.807) is 31.3 Å². The lowest BCUT2D eigenvalue weighted by molar-refractivity contribution is -0.236. The van der Waals surface area contributed by atoms with Gasteiger partial charge in [0.05, 0.1) is 43.5 Å². The molecule has 0 unspecified atom stereocenters. The molecule has 178 valence electrons. The molecule has 10 nitrogen and oxygen atoms in total. The van der Waals surface area contributed by atoms with Gasteiger partial charge >= 0.3 is 5.97 Å². The molecule has 2 fully saturated rings. The second-order valence-corrected chi connectivity index (χ2v) is 8.51. The van der Waals surface area contributed by atoms with Gasteiger partial charge in [-0.2, -0.15) is 0 Å². The number of rotatable bonds is 5. The number of aromatic amines is 1. The van der Waals surface area contributed by atoms with E-state index in [0.29, 0.717) is 60.7 Å². The van der Waals surface area contributed by atoms with E-state index < -0.39 is 17.7 Å². The molecule has 2 aliphatic rings. The van der Waals surface area contributed by atoms with E-state index in [1.807, 2.05) is 4.90 Å². The second kappa shape index (κ2) is 9.09. The average Bonchev–Trinajstić information content (AvgIpc) is 3.31. The summed E-state index contributed by atoms with van der Waals surface area (Å²) in [5.41, 5.74) is 1.28. The van der Waals surface area contributed by atoms with E-state index in [4.69, 9.17) is 19.2 Å². The van der Waals surface area contributed by atoms with Crippen LogP contribution in [0.5, 0.6) is 0 Å². The number of aromatic nitrogens is 4. The lowest BCUT2D eigenvalue weighted by Gasteiger charge is -2.33. The SMILES string of the molecule is CC1(C(=O)O)COC(c2nc(-c3ccc(F)cc3)c(-c3ccnc(N4CCOCC4)n3)[nH]2)OC1. The van der Waals surface area contributed by atoms with Gasteiger partial charge in [0.1, 0.15) is 11.2 Å². The van der Waals surface area contributed by atoms with Crippen LogP contribution in [0.3, 0.4) is 0 Å². The van der Waals surface area contributed by atoms with Gasteiger partial charge in [-0.05, 0) is 37.3 Å². The number of carboxylic acid groups (broad SMARTS) is 1. The summed E-state index contributed by atoms with van der Waals surface area (Å²) in [5.74, 6) is -0.406. The topological polar surface area (TPSA) is 123 Å². The summed E-state index contributed by atoms with van der Waals surface area (Å²) in [6.07, 6.45) is 0.800. The van der Waals surface area contributed by atoms with Gasteiger partial charge in [0.15, 0.2) is 5.82 Å². The molecule has 4 heterocycles. The summed E-state index contributed by atoms with van der Waals surface area (Å²) in [6, 6.07) is 7.75. The number of imidazole rings is 1. The number of nitrogens with zero attached hydrogens (tertiary/aromatic N) is 4. The van der Waals surface area contributed by atoms with Crippen molar-refractivity contribution in [3.8, 4) is 22.6 Å². The predicted molar refractivity (Wildman–Crippen MR) is 118 cm³/mol. The molecule has 2 aromatic heterocycles. The van der Waals surface area contributed by atoms with Gasteiger partial charge in [-0.3, -0.25) is 4.79 Å². The summed E-state index contributed by atoms with van der Waals surface area (Å²) in [6.45, 7) is 4.11. The van der Waals surface area contributed by atoms with Crippen LogP contribution in [-0.2, 0) is 19.0 Å². The third-order valence-corrected chi connectivity index (χ3v) is 5.88. The molecule has 5 rings (SSSR count). The van der Waals surface area contributed by atoms with Gasteiger partial charge in [-0.15, -0.1) is 0 Å². The Morgan fingerprint density at radius 3 is 2.53 bits per heavy atom. The molecule has 1 aromatic carbocycles. The number of ether oxygens (including phenoxy) is 3. The zero-order chi connectivity index (χ0) is 23.7. The largest absolute Gasteiger partial charge is 0.481 e. The van der Waals surface area contributed by atoms with Crippen LogP contribution < -0.4 is 4.90 Å². The van der Waals surface area contributed by atoms with Crippen molar-refractivity contribution in [2.24, 2.45) is 5.41 Å². The Kier molecular flexibility index (Phi) is 5.98. The number of hydrogen-bond donors (Lipinski definition) is 2. The van der Waals surface area contributed by atoms with Crippen LogP contribution in [0.2, 0.25) is 0 Å². The maximum atomic E-state index is 13.6. The van der Waals surface area contributed by atoms with Gasteiger partial charge in [0.25, 0.3) is 0 Å². The van der Waals surface area contributed by atoms with Crippen LogP contribution in [0.25, 0.3) is 22.6 Å². The maximum absolute atomic E-state index is 13.6. The Morgan fingerprint density at radius 2 is 1.85 bits per heavy atom. The second-order valence-electron chi connectivity index (χ2n) is 8.51. The Bertz CT molecular complexity index is 1170. The molecule has 0 aliphatic carbocycles. The Morgan fingerprint density at radius 1 is 1.15 bits per heavy atom.